The maximum atomic E-state index is 12.5. The van der Waals surface area contributed by atoms with Crippen LogP contribution < -0.4 is 10.2 Å². The van der Waals surface area contributed by atoms with Crippen molar-refractivity contribution in [3.8, 4) is 0 Å². The van der Waals surface area contributed by atoms with E-state index in [1.165, 1.54) is 4.90 Å². The van der Waals surface area contributed by atoms with Gasteiger partial charge in [-0.3, -0.25) is 4.79 Å². The van der Waals surface area contributed by atoms with Crippen LogP contribution in [0.2, 0.25) is 0 Å². The second-order valence-corrected chi connectivity index (χ2v) is 8.33. The Kier molecular flexibility index (Phi) is 6.27. The summed E-state index contributed by atoms with van der Waals surface area (Å²) in [6.45, 7) is 0.884. The highest BCUT2D eigenvalue weighted by Gasteiger charge is 2.44. The van der Waals surface area contributed by atoms with Crippen LogP contribution in [0.15, 0.2) is 34.9 Å². The Labute approximate surface area is 153 Å². The molecule has 0 fully saturated rings. The molecule has 0 unspecified atom stereocenters. The predicted octanol–water partition coefficient (Wildman–Crippen LogP) is 0.0320. The lowest BCUT2D eigenvalue weighted by molar-refractivity contribution is -0.129. The minimum Gasteiger partial charge on any atom is -0.502 e. The Hall–Kier alpha value is -2.10. The zero-order valence-electron chi connectivity index (χ0n) is 15.1. The Morgan fingerprint density at radius 1 is 1.19 bits per heavy atom. The summed E-state index contributed by atoms with van der Waals surface area (Å²) in [5.41, 5.74) is 1.54. The SMILES string of the molecule is CN(C)c1ccc([C@H]2C(S(C)(=O)=O)=C(O)C(=O)N2CCNCCO)cc1. The van der Waals surface area contributed by atoms with Gasteiger partial charge in [0.1, 0.15) is 4.91 Å². The highest BCUT2D eigenvalue weighted by atomic mass is 32.2. The van der Waals surface area contributed by atoms with Gasteiger partial charge in [0.15, 0.2) is 15.6 Å². The summed E-state index contributed by atoms with van der Waals surface area (Å²) in [4.78, 5) is 15.4. The molecule has 144 valence electrons. The first-order chi connectivity index (χ1) is 12.2. The van der Waals surface area contributed by atoms with Crippen molar-refractivity contribution in [2.45, 2.75) is 6.04 Å². The number of sulfone groups is 1. The molecule has 3 N–H and O–H groups in total. The van der Waals surface area contributed by atoms with Gasteiger partial charge >= 0.3 is 0 Å². The van der Waals surface area contributed by atoms with Crippen molar-refractivity contribution in [1.29, 1.82) is 0 Å². The molecule has 8 nitrogen and oxygen atoms in total. The van der Waals surface area contributed by atoms with Crippen molar-refractivity contribution in [1.82, 2.24) is 10.2 Å². The smallest absolute Gasteiger partial charge is 0.290 e. The molecule has 0 radical (unpaired) electrons. The van der Waals surface area contributed by atoms with Crippen LogP contribution >= 0.6 is 0 Å². The molecule has 1 aromatic carbocycles. The molecule has 2 rings (SSSR count). The van der Waals surface area contributed by atoms with E-state index in [1.807, 2.05) is 31.1 Å². The highest BCUT2D eigenvalue weighted by Crippen LogP contribution is 2.39. The number of aliphatic hydroxyl groups excluding tert-OH is 2. The molecule has 1 aliphatic heterocycles. The number of nitrogens with one attached hydrogen (secondary N) is 1. The lowest BCUT2D eigenvalue weighted by atomic mass is 10.1. The van der Waals surface area contributed by atoms with E-state index in [4.69, 9.17) is 5.11 Å². The van der Waals surface area contributed by atoms with Crippen LogP contribution in [0.3, 0.4) is 0 Å². The Balaban J connectivity index is 2.40. The van der Waals surface area contributed by atoms with Crippen molar-refractivity contribution in [2.75, 3.05) is 51.5 Å². The molecule has 0 aromatic heterocycles. The number of nitrogens with zero attached hydrogens (tertiary/aromatic N) is 2. The van der Waals surface area contributed by atoms with Crippen LogP contribution in [0, 0.1) is 0 Å². The molecule has 0 aliphatic carbocycles. The Bertz CT molecular complexity index is 787. The molecule has 26 heavy (non-hydrogen) atoms. The van der Waals surface area contributed by atoms with Crippen molar-refractivity contribution in [3.05, 3.63) is 40.5 Å². The first-order valence-electron chi connectivity index (χ1n) is 8.21. The third-order valence-corrected chi connectivity index (χ3v) is 5.42. The van der Waals surface area contributed by atoms with E-state index in [9.17, 15) is 18.3 Å². The van der Waals surface area contributed by atoms with Crippen molar-refractivity contribution in [3.63, 3.8) is 0 Å². The zero-order valence-corrected chi connectivity index (χ0v) is 16.0. The normalized spacial score (nSPS) is 17.9. The molecule has 0 saturated carbocycles. The van der Waals surface area contributed by atoms with E-state index >= 15 is 0 Å². The molecule has 0 spiro atoms. The lowest BCUT2D eigenvalue weighted by Gasteiger charge is -2.27. The quantitative estimate of drug-likeness (QED) is 0.543. The molecule has 1 aromatic rings. The number of aliphatic hydroxyl groups is 2. The topological polar surface area (TPSA) is 110 Å². The molecule has 1 amide bonds. The third-order valence-electron chi connectivity index (χ3n) is 4.20. The Morgan fingerprint density at radius 3 is 2.31 bits per heavy atom. The summed E-state index contributed by atoms with van der Waals surface area (Å²) < 4.78 is 24.4. The maximum Gasteiger partial charge on any atom is 0.290 e. The molecular weight excluding hydrogens is 358 g/mol. The summed E-state index contributed by atoms with van der Waals surface area (Å²) in [6, 6.07) is 6.30. The number of amides is 1. The van der Waals surface area contributed by atoms with Crippen LogP contribution in [0.1, 0.15) is 11.6 Å². The second kappa shape index (κ2) is 8.07. The van der Waals surface area contributed by atoms with Gasteiger partial charge in [-0.25, -0.2) is 8.42 Å². The van der Waals surface area contributed by atoms with E-state index < -0.39 is 27.5 Å². The number of anilines is 1. The molecule has 1 heterocycles. The van der Waals surface area contributed by atoms with Gasteiger partial charge in [0.05, 0.1) is 12.6 Å². The van der Waals surface area contributed by atoms with Crippen LogP contribution in [0.4, 0.5) is 5.69 Å². The fourth-order valence-electron chi connectivity index (χ4n) is 2.93. The van der Waals surface area contributed by atoms with Crippen LogP contribution in [0.5, 0.6) is 0 Å². The molecule has 9 heteroatoms. The summed E-state index contributed by atoms with van der Waals surface area (Å²) >= 11 is 0. The van der Waals surface area contributed by atoms with E-state index in [1.54, 1.807) is 12.1 Å². The summed E-state index contributed by atoms with van der Waals surface area (Å²) in [5, 5.41) is 22.0. The fraction of sp³-hybridized carbons (Fsp3) is 0.471. The van der Waals surface area contributed by atoms with Gasteiger partial charge in [-0.1, -0.05) is 12.1 Å². The minimum atomic E-state index is -3.78. The van der Waals surface area contributed by atoms with Crippen LogP contribution in [0.25, 0.3) is 0 Å². The zero-order chi connectivity index (χ0) is 19.5. The number of benzene rings is 1. The van der Waals surface area contributed by atoms with Crippen molar-refractivity contribution >= 4 is 21.4 Å². The first-order valence-corrected chi connectivity index (χ1v) is 10.1. The predicted molar refractivity (Wildman–Crippen MR) is 99.7 cm³/mol. The van der Waals surface area contributed by atoms with Crippen LogP contribution in [-0.2, 0) is 14.6 Å². The van der Waals surface area contributed by atoms with Crippen molar-refractivity contribution in [2.24, 2.45) is 0 Å². The van der Waals surface area contributed by atoms with Gasteiger partial charge in [0.25, 0.3) is 5.91 Å². The monoisotopic (exact) mass is 383 g/mol. The van der Waals surface area contributed by atoms with E-state index in [-0.39, 0.29) is 18.1 Å². The van der Waals surface area contributed by atoms with Gasteiger partial charge < -0.3 is 25.3 Å². The standard InChI is InChI=1S/C17H25N3O5S/c1-19(2)13-6-4-12(5-7-13)14-16(26(3,24)25)15(22)17(23)20(14)10-8-18-9-11-21/h4-7,14,18,21-22H,8-11H2,1-3H3/t14-/m0/s1. The summed E-state index contributed by atoms with van der Waals surface area (Å²) in [5.74, 6) is -1.44. The van der Waals surface area contributed by atoms with Gasteiger partial charge in [-0.05, 0) is 17.7 Å². The fourth-order valence-corrected chi connectivity index (χ4v) is 4.04. The van der Waals surface area contributed by atoms with Gasteiger partial charge in [-0.15, -0.1) is 0 Å². The Morgan fingerprint density at radius 2 is 1.81 bits per heavy atom. The van der Waals surface area contributed by atoms with E-state index in [0.717, 1.165) is 11.9 Å². The number of carbonyl (C=O) groups is 1. The summed E-state index contributed by atoms with van der Waals surface area (Å²) in [6.07, 6.45) is 0.987. The van der Waals surface area contributed by atoms with Crippen LogP contribution in [-0.4, -0.2) is 76.0 Å². The number of carbonyl (C=O) groups excluding carboxylic acids is 1. The van der Waals surface area contributed by atoms with E-state index in [0.29, 0.717) is 18.7 Å². The third kappa shape index (κ3) is 4.17. The average Bonchev–Trinajstić information content (AvgIpc) is 2.83. The van der Waals surface area contributed by atoms with Gasteiger partial charge in [0, 0.05) is 45.7 Å². The highest BCUT2D eigenvalue weighted by molar-refractivity contribution is 7.94. The second-order valence-electron chi connectivity index (χ2n) is 6.35. The molecule has 1 aliphatic rings. The largest absolute Gasteiger partial charge is 0.502 e. The van der Waals surface area contributed by atoms with E-state index in [2.05, 4.69) is 5.32 Å². The minimum absolute atomic E-state index is 0.0402. The average molecular weight is 383 g/mol. The lowest BCUT2D eigenvalue weighted by Crippen LogP contribution is -2.37. The van der Waals surface area contributed by atoms with Crippen molar-refractivity contribution < 1.29 is 23.4 Å². The molecule has 0 saturated heterocycles. The molecule has 1 atom stereocenters. The number of hydrogen-bond donors (Lipinski definition) is 3. The molecule has 0 bridgehead atoms. The number of hydrogen-bond acceptors (Lipinski definition) is 7. The van der Waals surface area contributed by atoms with Gasteiger partial charge in [-0.2, -0.15) is 0 Å². The maximum absolute atomic E-state index is 12.5. The number of rotatable bonds is 8. The first kappa shape index (κ1) is 20.2. The van der Waals surface area contributed by atoms with Gasteiger partial charge in [0.2, 0.25) is 0 Å². The summed E-state index contributed by atoms with van der Waals surface area (Å²) in [7, 11) is -0.000740. The molecular formula is C17H25N3O5S.